The van der Waals surface area contributed by atoms with Crippen LogP contribution >= 0.6 is 0 Å². The second-order valence-corrected chi connectivity index (χ2v) is 18.1. The Morgan fingerprint density at radius 2 is 1.75 bits per heavy atom. The van der Waals surface area contributed by atoms with Crippen molar-refractivity contribution in [2.75, 3.05) is 62.3 Å². The lowest BCUT2D eigenvalue weighted by Crippen LogP contribution is -2.56. The number of piperidine rings is 2. The van der Waals surface area contributed by atoms with Crippen LogP contribution in [0.4, 0.5) is 11.4 Å². The molecule has 0 aromatic heterocycles. The van der Waals surface area contributed by atoms with E-state index >= 15 is 0 Å². The van der Waals surface area contributed by atoms with Gasteiger partial charge in [0.25, 0.3) is 5.91 Å². The number of anilines is 2. The minimum Gasteiger partial charge on any atom is -0.508 e. The molecule has 6 atom stereocenters. The van der Waals surface area contributed by atoms with E-state index in [2.05, 4.69) is 80.6 Å². The number of hydrogen-bond donors (Lipinski definition) is 2. The van der Waals surface area contributed by atoms with E-state index in [9.17, 15) is 19.5 Å². The Labute approximate surface area is 356 Å². The summed E-state index contributed by atoms with van der Waals surface area (Å²) in [5.41, 5.74) is 5.92. The summed E-state index contributed by atoms with van der Waals surface area (Å²) in [6, 6.07) is 21.5. The second-order valence-electron chi connectivity index (χ2n) is 18.1. The highest BCUT2D eigenvalue weighted by atomic mass is 16.5. The van der Waals surface area contributed by atoms with Crippen molar-refractivity contribution >= 4 is 29.1 Å². The number of carbonyl (C=O) groups excluding carboxylic acids is 3. The molecule has 3 aromatic carbocycles. The number of phenolic OH excluding ortho intramolecular Hbond substituents is 1. The summed E-state index contributed by atoms with van der Waals surface area (Å²) in [4.78, 5) is 46.4. The Morgan fingerprint density at radius 1 is 0.885 bits per heavy atom. The van der Waals surface area contributed by atoms with Crippen molar-refractivity contribution in [2.45, 2.75) is 68.7 Å². The highest BCUT2D eigenvalue weighted by Gasteiger charge is 2.45. The summed E-state index contributed by atoms with van der Waals surface area (Å²) in [5.74, 6) is 5.52. The number of fused-ring (bicyclic) bond motifs is 6. The van der Waals surface area contributed by atoms with Crippen LogP contribution in [0.25, 0.3) is 0 Å². The van der Waals surface area contributed by atoms with Gasteiger partial charge in [0.2, 0.25) is 11.8 Å². The molecule has 11 rings (SSSR count). The summed E-state index contributed by atoms with van der Waals surface area (Å²) in [6.45, 7) is 6.32. The number of nitrogens with zero attached hydrogens (tertiary/aromatic N) is 4. The molecule has 0 bridgehead atoms. The molecule has 2 N–H and O–H groups in total. The van der Waals surface area contributed by atoms with Crippen molar-refractivity contribution in [3.8, 4) is 29.2 Å². The van der Waals surface area contributed by atoms with Crippen LogP contribution in [0.1, 0.15) is 71.5 Å². The predicted molar refractivity (Wildman–Crippen MR) is 228 cm³/mol. The minimum atomic E-state index is -0.652. The number of carbonyl (C=O) groups is 3. The van der Waals surface area contributed by atoms with Gasteiger partial charge in [-0.3, -0.25) is 19.7 Å². The molecule has 3 aromatic rings. The zero-order valence-electron chi connectivity index (χ0n) is 34.3. The quantitative estimate of drug-likeness (QED) is 0.263. The maximum Gasteiger partial charge on any atom is 0.255 e. The molecular formula is C49H51N5O7. The molecule has 12 heteroatoms. The molecule has 1 aliphatic carbocycles. The third-order valence-electron chi connectivity index (χ3n) is 14.5. The van der Waals surface area contributed by atoms with Crippen LogP contribution in [0.5, 0.6) is 17.2 Å². The number of phenols is 1. The molecule has 3 amide bonds. The highest BCUT2D eigenvalue weighted by Crippen LogP contribution is 2.48. The zero-order chi connectivity index (χ0) is 41.2. The number of allylic oxidation sites excluding steroid dienone is 4. The molecule has 12 nitrogen and oxygen atoms in total. The summed E-state index contributed by atoms with van der Waals surface area (Å²) in [6.07, 6.45) is 13.3. The first-order valence-electron chi connectivity index (χ1n) is 22.0. The Bertz CT molecular complexity index is 2390. The number of imide groups is 1. The van der Waals surface area contributed by atoms with Gasteiger partial charge in [-0.05, 0) is 73.9 Å². The summed E-state index contributed by atoms with van der Waals surface area (Å²) >= 11 is 0. The van der Waals surface area contributed by atoms with E-state index < -0.39 is 11.9 Å². The third kappa shape index (κ3) is 6.87. The van der Waals surface area contributed by atoms with Gasteiger partial charge >= 0.3 is 0 Å². The summed E-state index contributed by atoms with van der Waals surface area (Å²) < 4.78 is 19.2. The third-order valence-corrected chi connectivity index (χ3v) is 14.5. The molecular weight excluding hydrogens is 771 g/mol. The fourth-order valence-electron chi connectivity index (χ4n) is 11.2. The van der Waals surface area contributed by atoms with Gasteiger partial charge in [0.1, 0.15) is 29.9 Å². The first kappa shape index (κ1) is 38.0. The Balaban J connectivity index is 0.698. The number of aromatic hydroxyl groups is 1. The number of rotatable bonds is 4. The normalized spacial score (nSPS) is 28.6. The number of piperazine rings is 1. The molecule has 7 heterocycles. The molecule has 8 aliphatic rings. The largest absolute Gasteiger partial charge is 0.508 e. The molecule has 61 heavy (non-hydrogen) atoms. The van der Waals surface area contributed by atoms with Gasteiger partial charge in [-0.25, -0.2) is 0 Å². The molecule has 314 valence electrons. The lowest BCUT2D eigenvalue weighted by molar-refractivity contribution is -0.136. The highest BCUT2D eigenvalue weighted by molar-refractivity contribution is 6.06. The van der Waals surface area contributed by atoms with E-state index in [4.69, 9.17) is 14.2 Å². The Kier molecular flexibility index (Phi) is 9.48. The number of hydrogen-bond acceptors (Lipinski definition) is 10. The van der Waals surface area contributed by atoms with Crippen molar-refractivity contribution in [3.63, 3.8) is 0 Å². The Hall–Kier alpha value is -5.93. The van der Waals surface area contributed by atoms with Gasteiger partial charge in [-0.2, -0.15) is 0 Å². The average Bonchev–Trinajstić information content (AvgIpc) is 3.85. The predicted octanol–water partition coefficient (Wildman–Crippen LogP) is 5.35. The SMILES string of the molecule is O=C1CC[C@@H](N2Cc3c(ccc4c3OC[C@@H]3CN(C#C[C@H]5COC6(CCN(c7ccc([C@H]8c9ccc(O)cc9OC[C@H]8C8C=CC=CC8)cc7)CC6)C5)CCN43)C2=O)C(=O)N1. The molecule has 4 fully saturated rings. The van der Waals surface area contributed by atoms with Crippen molar-refractivity contribution in [2.24, 2.45) is 17.8 Å². The van der Waals surface area contributed by atoms with E-state index in [0.29, 0.717) is 50.2 Å². The smallest absolute Gasteiger partial charge is 0.255 e. The molecule has 7 aliphatic heterocycles. The minimum absolute atomic E-state index is 0.128. The molecule has 0 saturated carbocycles. The van der Waals surface area contributed by atoms with Crippen molar-refractivity contribution in [1.82, 2.24) is 15.1 Å². The van der Waals surface area contributed by atoms with Crippen LogP contribution in [0, 0.1) is 29.7 Å². The van der Waals surface area contributed by atoms with Crippen LogP contribution in [0.2, 0.25) is 0 Å². The standard InChI is InChI=1S/C49H51N5O7/c55-36-10-11-38-43(24-36)59-30-40(32-4-2-1-3-5-32)45(38)33-6-8-34(9-7-33)52-20-17-49(18-21-52)25-31(28-61-49)16-19-51-22-23-53-35(26-51)29-60-46-39-27-54(42-14-15-44(56)50-47(42)57)48(58)37(39)12-13-41(46)53/h1-4,6-13,24,31-32,35,40,42,45,55H,5,14-15,17-18,20-23,25-30H2,(H,50,56,57)/t31-,32?,35+,40+,42-,45+/m1/s1. The summed E-state index contributed by atoms with van der Waals surface area (Å²) in [7, 11) is 0. The van der Waals surface area contributed by atoms with E-state index in [-0.39, 0.29) is 47.5 Å². The molecule has 1 unspecified atom stereocenters. The Morgan fingerprint density at radius 3 is 2.57 bits per heavy atom. The van der Waals surface area contributed by atoms with E-state index in [0.717, 1.165) is 86.7 Å². The van der Waals surface area contributed by atoms with Gasteiger partial charge in [0, 0.05) is 91.4 Å². The van der Waals surface area contributed by atoms with E-state index in [1.807, 2.05) is 18.2 Å². The van der Waals surface area contributed by atoms with Gasteiger partial charge in [0.05, 0.1) is 37.1 Å². The molecule has 1 spiro atoms. The maximum absolute atomic E-state index is 13.4. The van der Waals surface area contributed by atoms with Crippen LogP contribution in [0.15, 0.2) is 78.9 Å². The van der Waals surface area contributed by atoms with Crippen molar-refractivity contribution < 1.29 is 33.7 Å². The monoisotopic (exact) mass is 821 g/mol. The second kappa shape index (κ2) is 15.2. The topological polar surface area (TPSA) is 124 Å². The van der Waals surface area contributed by atoms with Crippen LogP contribution in [-0.4, -0.2) is 103 Å². The molecule has 0 radical (unpaired) electrons. The van der Waals surface area contributed by atoms with Gasteiger partial charge in [0.15, 0.2) is 0 Å². The number of benzene rings is 3. The lowest BCUT2D eigenvalue weighted by atomic mass is 9.71. The van der Waals surface area contributed by atoms with Crippen LogP contribution in [-0.2, 0) is 20.9 Å². The van der Waals surface area contributed by atoms with Gasteiger partial charge in [-0.15, -0.1) is 0 Å². The first-order chi connectivity index (χ1) is 29.8. The van der Waals surface area contributed by atoms with Gasteiger partial charge < -0.3 is 38.9 Å². The lowest BCUT2D eigenvalue weighted by Gasteiger charge is -2.45. The fourth-order valence-corrected chi connectivity index (χ4v) is 11.2. The van der Waals surface area contributed by atoms with Gasteiger partial charge in [-0.1, -0.05) is 48.4 Å². The number of nitrogens with one attached hydrogen (secondary N) is 1. The van der Waals surface area contributed by atoms with Crippen molar-refractivity contribution in [1.29, 1.82) is 0 Å². The van der Waals surface area contributed by atoms with Crippen molar-refractivity contribution in [3.05, 3.63) is 101 Å². The zero-order valence-corrected chi connectivity index (χ0v) is 34.3. The average molecular weight is 822 g/mol. The molecule has 4 saturated heterocycles. The van der Waals surface area contributed by atoms with E-state index in [1.54, 1.807) is 17.0 Å². The summed E-state index contributed by atoms with van der Waals surface area (Å²) in [5, 5.41) is 12.6. The van der Waals surface area contributed by atoms with E-state index in [1.165, 1.54) is 11.3 Å². The fraction of sp³-hybridized carbons (Fsp3) is 0.449. The maximum atomic E-state index is 13.4. The first-order valence-corrected chi connectivity index (χ1v) is 22.0. The van der Waals surface area contributed by atoms with Crippen LogP contribution < -0.4 is 24.6 Å². The number of ether oxygens (including phenoxy) is 3. The van der Waals surface area contributed by atoms with Crippen LogP contribution in [0.3, 0.4) is 0 Å². The number of amides is 3.